The van der Waals surface area contributed by atoms with Gasteiger partial charge in [-0.3, -0.25) is 13.9 Å². The van der Waals surface area contributed by atoms with Gasteiger partial charge in [0.1, 0.15) is 12.6 Å². The van der Waals surface area contributed by atoms with Crippen LogP contribution in [0, 0.1) is 5.92 Å². The Labute approximate surface area is 242 Å². The van der Waals surface area contributed by atoms with Crippen molar-refractivity contribution in [2.24, 2.45) is 5.92 Å². The van der Waals surface area contributed by atoms with Crippen LogP contribution in [0.3, 0.4) is 0 Å². The third kappa shape index (κ3) is 7.79. The van der Waals surface area contributed by atoms with Gasteiger partial charge in [-0.25, -0.2) is 8.42 Å². The van der Waals surface area contributed by atoms with Gasteiger partial charge in [0.05, 0.1) is 11.4 Å². The maximum absolute atomic E-state index is 14.2. The molecule has 41 heavy (non-hydrogen) atoms. The monoisotopic (exact) mass is 579 g/mol. The van der Waals surface area contributed by atoms with Crippen LogP contribution in [0.4, 0.5) is 5.69 Å². The number of hydrogen-bond donors (Lipinski definition) is 1. The minimum absolute atomic E-state index is 0.0375. The van der Waals surface area contributed by atoms with Gasteiger partial charge >= 0.3 is 0 Å². The Kier molecular flexibility index (Phi) is 9.88. The number of amides is 2. The zero-order chi connectivity index (χ0) is 29.4. The number of carbonyl (C=O) groups is 2. The first-order chi connectivity index (χ1) is 19.7. The third-order valence-electron chi connectivity index (χ3n) is 6.77. The van der Waals surface area contributed by atoms with Crippen molar-refractivity contribution in [1.82, 2.24) is 10.2 Å². The molecule has 3 aromatic carbocycles. The largest absolute Gasteiger partial charge is 0.454 e. The number of hydrogen-bond acceptors (Lipinski definition) is 6. The smallest absolute Gasteiger partial charge is 0.244 e. The normalized spacial score (nSPS) is 13.1. The summed E-state index contributed by atoms with van der Waals surface area (Å²) in [6, 6.07) is 22.8. The van der Waals surface area contributed by atoms with E-state index in [1.165, 1.54) is 11.8 Å². The lowest BCUT2D eigenvalue weighted by Crippen LogP contribution is -2.53. The number of rotatable bonds is 13. The fraction of sp³-hybridized carbons (Fsp3) is 0.355. The quantitative estimate of drug-likeness (QED) is 0.329. The van der Waals surface area contributed by atoms with Crippen molar-refractivity contribution < 1.29 is 27.5 Å². The molecule has 1 N–H and O–H groups in total. The Morgan fingerprint density at radius 2 is 1.54 bits per heavy atom. The van der Waals surface area contributed by atoms with Crippen molar-refractivity contribution in [3.8, 4) is 11.5 Å². The molecule has 0 bridgehead atoms. The van der Waals surface area contributed by atoms with Gasteiger partial charge in [0.15, 0.2) is 11.5 Å². The summed E-state index contributed by atoms with van der Waals surface area (Å²) in [5, 5.41) is 2.98. The average Bonchev–Trinajstić information content (AvgIpc) is 3.45. The van der Waals surface area contributed by atoms with E-state index in [2.05, 4.69) is 5.32 Å². The second kappa shape index (κ2) is 13.5. The second-order valence-corrected chi connectivity index (χ2v) is 12.5. The van der Waals surface area contributed by atoms with E-state index in [9.17, 15) is 18.0 Å². The van der Waals surface area contributed by atoms with Crippen LogP contribution >= 0.6 is 0 Å². The van der Waals surface area contributed by atoms with Crippen LogP contribution in [0.5, 0.6) is 11.5 Å². The molecule has 9 nitrogen and oxygen atoms in total. The van der Waals surface area contributed by atoms with E-state index in [4.69, 9.17) is 9.47 Å². The van der Waals surface area contributed by atoms with Crippen molar-refractivity contribution >= 4 is 27.5 Å². The number of benzene rings is 3. The van der Waals surface area contributed by atoms with Crippen LogP contribution in [0.15, 0.2) is 78.9 Å². The molecular weight excluding hydrogens is 542 g/mol. The average molecular weight is 580 g/mol. The first-order valence-corrected chi connectivity index (χ1v) is 15.3. The van der Waals surface area contributed by atoms with Gasteiger partial charge < -0.3 is 19.7 Å². The lowest BCUT2D eigenvalue weighted by atomic mass is 10.0. The molecule has 0 saturated heterocycles. The lowest BCUT2D eigenvalue weighted by Gasteiger charge is -2.34. The summed E-state index contributed by atoms with van der Waals surface area (Å²) in [5.41, 5.74) is 1.99. The molecule has 1 atom stereocenters. The van der Waals surface area contributed by atoms with E-state index < -0.39 is 28.5 Å². The van der Waals surface area contributed by atoms with Gasteiger partial charge in [0.25, 0.3) is 0 Å². The molecule has 1 aliphatic heterocycles. The summed E-state index contributed by atoms with van der Waals surface area (Å²) >= 11 is 0. The Hall–Kier alpha value is -4.05. The highest BCUT2D eigenvalue weighted by Crippen LogP contribution is 2.36. The van der Waals surface area contributed by atoms with E-state index in [0.717, 1.165) is 15.4 Å². The molecule has 0 unspecified atom stereocenters. The molecule has 1 heterocycles. The van der Waals surface area contributed by atoms with Gasteiger partial charge in [-0.05, 0) is 36.1 Å². The SMILES string of the molecule is CCS(=O)(=O)N(CC(=O)N(Cc1ccccc1)[C@@H](Cc1ccccc1)C(=O)NCC(C)C)c1ccc2c(c1)OCO2. The van der Waals surface area contributed by atoms with E-state index in [1.807, 2.05) is 74.5 Å². The summed E-state index contributed by atoms with van der Waals surface area (Å²) in [7, 11) is -3.87. The maximum atomic E-state index is 14.2. The van der Waals surface area contributed by atoms with Crippen LogP contribution in [-0.2, 0) is 32.6 Å². The Bertz CT molecular complexity index is 1430. The predicted octanol–water partition coefficient (Wildman–Crippen LogP) is 3.98. The first kappa shape index (κ1) is 29.9. The molecule has 0 fully saturated rings. The van der Waals surface area contributed by atoms with Crippen molar-refractivity contribution in [3.63, 3.8) is 0 Å². The fourth-order valence-corrected chi connectivity index (χ4v) is 5.57. The van der Waals surface area contributed by atoms with Crippen molar-refractivity contribution in [2.75, 3.05) is 29.9 Å². The van der Waals surface area contributed by atoms with E-state index in [-0.39, 0.29) is 43.0 Å². The number of fused-ring (bicyclic) bond motifs is 1. The molecule has 10 heteroatoms. The number of ether oxygens (including phenoxy) is 2. The summed E-state index contributed by atoms with van der Waals surface area (Å²) in [6.45, 7) is 5.66. The zero-order valence-corrected chi connectivity index (χ0v) is 24.5. The molecule has 4 rings (SSSR count). The number of carbonyl (C=O) groups excluding carboxylic acids is 2. The predicted molar refractivity (Wildman–Crippen MR) is 158 cm³/mol. The van der Waals surface area contributed by atoms with Gasteiger partial charge in [-0.2, -0.15) is 0 Å². The van der Waals surface area contributed by atoms with E-state index >= 15 is 0 Å². The molecule has 0 aliphatic carbocycles. The molecule has 0 aromatic heterocycles. The van der Waals surface area contributed by atoms with Crippen LogP contribution in [-0.4, -0.2) is 56.8 Å². The highest BCUT2D eigenvalue weighted by molar-refractivity contribution is 7.92. The minimum atomic E-state index is -3.87. The Morgan fingerprint density at radius 3 is 2.17 bits per heavy atom. The number of anilines is 1. The highest BCUT2D eigenvalue weighted by atomic mass is 32.2. The summed E-state index contributed by atoms with van der Waals surface area (Å²) in [5.74, 6) is 0.122. The standard InChI is InChI=1S/C31H37N3O6S/c1-4-41(37,38)34(26-15-16-28-29(18-26)40-22-39-28)21-30(35)33(20-25-13-9-6-10-14-25)27(31(36)32-19-23(2)3)17-24-11-7-5-8-12-24/h5-16,18,23,27H,4,17,19-22H2,1-3H3,(H,32,36)/t27-/m0/s1. The van der Waals surface area contributed by atoms with Crippen molar-refractivity contribution in [1.29, 1.82) is 0 Å². The molecule has 3 aromatic rings. The van der Waals surface area contributed by atoms with Crippen LogP contribution in [0.1, 0.15) is 31.9 Å². The fourth-order valence-electron chi connectivity index (χ4n) is 4.52. The van der Waals surface area contributed by atoms with Gasteiger partial charge in [0, 0.05) is 25.6 Å². The molecule has 0 radical (unpaired) electrons. The molecule has 2 amide bonds. The summed E-state index contributed by atoms with van der Waals surface area (Å²) in [4.78, 5) is 29.3. The third-order valence-corrected chi connectivity index (χ3v) is 8.52. The van der Waals surface area contributed by atoms with Crippen molar-refractivity contribution in [2.45, 2.75) is 39.8 Å². The van der Waals surface area contributed by atoms with E-state index in [0.29, 0.717) is 18.0 Å². The molecule has 0 saturated carbocycles. The second-order valence-electron chi connectivity index (χ2n) is 10.3. The molecular formula is C31H37N3O6S. The summed E-state index contributed by atoms with van der Waals surface area (Å²) < 4.78 is 38.5. The van der Waals surface area contributed by atoms with Crippen LogP contribution in [0.25, 0.3) is 0 Å². The number of sulfonamides is 1. The Balaban J connectivity index is 1.72. The van der Waals surface area contributed by atoms with Crippen LogP contribution in [0.2, 0.25) is 0 Å². The van der Waals surface area contributed by atoms with Gasteiger partial charge in [-0.15, -0.1) is 0 Å². The minimum Gasteiger partial charge on any atom is -0.454 e. The topological polar surface area (TPSA) is 105 Å². The zero-order valence-electron chi connectivity index (χ0n) is 23.7. The first-order valence-electron chi connectivity index (χ1n) is 13.7. The molecule has 1 aliphatic rings. The number of nitrogens with zero attached hydrogens (tertiary/aromatic N) is 2. The molecule has 218 valence electrons. The van der Waals surface area contributed by atoms with Gasteiger partial charge in [-0.1, -0.05) is 74.5 Å². The Morgan fingerprint density at radius 1 is 0.902 bits per heavy atom. The lowest BCUT2D eigenvalue weighted by molar-refractivity contribution is -0.140. The van der Waals surface area contributed by atoms with Gasteiger partial charge in [0.2, 0.25) is 28.6 Å². The highest BCUT2D eigenvalue weighted by Gasteiger charge is 2.34. The summed E-state index contributed by atoms with van der Waals surface area (Å²) in [6.07, 6.45) is 0.272. The van der Waals surface area contributed by atoms with Crippen LogP contribution < -0.4 is 19.1 Å². The molecule has 0 spiro atoms. The maximum Gasteiger partial charge on any atom is 0.244 e. The van der Waals surface area contributed by atoms with E-state index in [1.54, 1.807) is 18.2 Å². The van der Waals surface area contributed by atoms with Crippen molar-refractivity contribution in [3.05, 3.63) is 90.0 Å². The number of nitrogens with one attached hydrogen (secondary N) is 1.